The molecular formula is C54H61FN10O12S. The molecule has 4 aliphatic rings. The van der Waals surface area contributed by atoms with E-state index in [1.807, 2.05) is 0 Å². The molecule has 2 aromatic carbocycles. The van der Waals surface area contributed by atoms with E-state index < -0.39 is 96.1 Å². The van der Waals surface area contributed by atoms with Gasteiger partial charge in [-0.25, -0.2) is 14.2 Å². The number of unbranched alkanes of at least 4 members (excludes halogenated alkanes) is 2. The Labute approximate surface area is 451 Å². The predicted molar refractivity (Wildman–Crippen MR) is 282 cm³/mol. The number of benzene rings is 2. The molecule has 22 nitrogen and oxygen atoms in total. The number of nitrogens with zero attached hydrogens (tertiary/aromatic N) is 4. The Kier molecular flexibility index (Phi) is 17.5. The highest BCUT2D eigenvalue weighted by Crippen LogP contribution is 2.47. The third kappa shape index (κ3) is 12.0. The summed E-state index contributed by atoms with van der Waals surface area (Å²) < 4.78 is 22.2. The van der Waals surface area contributed by atoms with Gasteiger partial charge in [-0.05, 0) is 67.3 Å². The molecule has 0 unspecified atom stereocenters. The van der Waals surface area contributed by atoms with E-state index in [-0.39, 0.29) is 73.5 Å². The van der Waals surface area contributed by atoms with Gasteiger partial charge in [0.25, 0.3) is 17.4 Å². The Morgan fingerprint density at radius 2 is 1.60 bits per heavy atom. The van der Waals surface area contributed by atoms with Crippen LogP contribution in [0.2, 0.25) is 0 Å². The minimum Gasteiger partial charge on any atom is -0.458 e. The van der Waals surface area contributed by atoms with Gasteiger partial charge in [0, 0.05) is 66.9 Å². The van der Waals surface area contributed by atoms with Crippen molar-refractivity contribution < 1.29 is 57.4 Å². The van der Waals surface area contributed by atoms with Crippen molar-refractivity contribution in [3.8, 4) is 11.4 Å². The molecule has 2 aromatic heterocycles. The van der Waals surface area contributed by atoms with Crippen LogP contribution in [0.1, 0.15) is 90.4 Å². The van der Waals surface area contributed by atoms with E-state index >= 15 is 4.39 Å². The summed E-state index contributed by atoms with van der Waals surface area (Å²) >= 11 is 1.17. The summed E-state index contributed by atoms with van der Waals surface area (Å²) in [6.07, 6.45) is 4.92. The number of esters is 1. The van der Waals surface area contributed by atoms with Gasteiger partial charge in [-0.3, -0.25) is 48.1 Å². The maximum atomic E-state index is 15.5. The van der Waals surface area contributed by atoms with E-state index in [0.29, 0.717) is 76.6 Å². The zero-order valence-corrected chi connectivity index (χ0v) is 44.1. The Bertz CT molecular complexity index is 3190. The SMILES string of the molecule is CC[C@@]1(O)C(=O)OCc2c1cc1n(c2=O)Cc2c-1nc1cc(F)c(C)c3c1c2[C@@H](N(C)C(=O)[C@@H](N)CSCNC(=O)CNC(=O)[C@H](Cc1ccccc1)NC(=O)CNC(=O)CNC(=O)CCCCCN1C(=O)C=CC1=O)CC3. The van der Waals surface area contributed by atoms with Gasteiger partial charge < -0.3 is 51.6 Å². The van der Waals surface area contributed by atoms with Crippen LogP contribution in [0.25, 0.3) is 22.3 Å². The number of rotatable bonds is 23. The second-order valence-corrected chi connectivity index (χ2v) is 20.6. The number of aliphatic hydroxyl groups is 1. The van der Waals surface area contributed by atoms with Crippen molar-refractivity contribution in [3.05, 3.63) is 110 Å². The molecule has 0 bridgehead atoms. The minimum absolute atomic E-state index is 0.0218. The number of fused-ring (bicyclic) bond motifs is 5. The van der Waals surface area contributed by atoms with Crippen molar-refractivity contribution in [3.63, 3.8) is 0 Å². The van der Waals surface area contributed by atoms with Gasteiger partial charge in [-0.2, -0.15) is 0 Å². The molecule has 4 aromatic rings. The average molecular weight is 1090 g/mol. The number of nitrogens with one attached hydrogen (secondary N) is 5. The number of hydrogen-bond acceptors (Lipinski definition) is 15. The van der Waals surface area contributed by atoms with E-state index in [1.54, 1.807) is 62.2 Å². The number of cyclic esters (lactones) is 1. The van der Waals surface area contributed by atoms with Crippen LogP contribution in [0.3, 0.4) is 0 Å². The van der Waals surface area contributed by atoms with Crippen molar-refractivity contribution in [2.45, 2.75) is 102 Å². The number of hydrogen-bond donors (Lipinski definition) is 7. The number of aromatic nitrogens is 2. The largest absolute Gasteiger partial charge is 0.458 e. The maximum Gasteiger partial charge on any atom is 0.343 e. The van der Waals surface area contributed by atoms with Crippen molar-refractivity contribution in [1.29, 1.82) is 0 Å². The van der Waals surface area contributed by atoms with Crippen molar-refractivity contribution in [2.75, 3.05) is 44.9 Å². The third-order valence-corrected chi connectivity index (χ3v) is 15.5. The van der Waals surface area contributed by atoms with Gasteiger partial charge in [0.2, 0.25) is 35.4 Å². The van der Waals surface area contributed by atoms with E-state index in [4.69, 9.17) is 15.5 Å². The quantitative estimate of drug-likeness (QED) is 0.0205. The highest BCUT2D eigenvalue weighted by molar-refractivity contribution is 7.99. The molecule has 0 saturated carbocycles. The maximum absolute atomic E-state index is 15.5. The standard InChI is InChI=1S/C54H61FN10O12S/c1-4-54(76)34-20-40-49-32(25-65(40)51(73)33(34)26-77-53(54)75)48-39(15-14-31-29(2)35(55)21-37(62-49)47(31)48)63(3)52(74)36(56)27-78-28-60-43(68)23-59-50(72)38(19-30-11-7-5-8-12-30)61-44(69)24-58-42(67)22-57-41(66)13-9-6-10-18-64-45(70)16-17-46(64)71/h5,7-8,11-12,16-17,20-21,36,38-39,76H,4,6,9-10,13-15,18-19,22-28,56H2,1-3H3,(H,57,66)(H,58,67)(H,59,72)(H,60,68)(H,61,69)/t36-,38-,39-,54-/m0/s1. The van der Waals surface area contributed by atoms with Gasteiger partial charge in [0.05, 0.1) is 66.6 Å². The van der Waals surface area contributed by atoms with Crippen molar-refractivity contribution in [2.24, 2.45) is 5.73 Å². The number of likely N-dealkylation sites (N-methyl/N-ethyl adjacent to an activating group) is 1. The van der Waals surface area contributed by atoms with Gasteiger partial charge in [0.1, 0.15) is 18.5 Å². The van der Waals surface area contributed by atoms with E-state index in [1.165, 1.54) is 34.5 Å². The molecule has 0 fully saturated rings. The Morgan fingerprint density at radius 3 is 2.33 bits per heavy atom. The highest BCUT2D eigenvalue weighted by Gasteiger charge is 2.46. The molecule has 3 aliphatic heterocycles. The number of carbonyl (C=O) groups excluding carboxylic acids is 9. The first-order valence-corrected chi connectivity index (χ1v) is 26.8. The zero-order chi connectivity index (χ0) is 56.0. The molecule has 412 valence electrons. The molecule has 0 spiro atoms. The lowest BCUT2D eigenvalue weighted by Crippen LogP contribution is -2.52. The molecule has 8 amide bonds. The molecule has 24 heteroatoms. The van der Waals surface area contributed by atoms with Crippen LogP contribution in [0.15, 0.2) is 59.4 Å². The first-order valence-electron chi connectivity index (χ1n) is 25.7. The van der Waals surface area contributed by atoms with Crippen LogP contribution in [0, 0.1) is 12.7 Å². The Morgan fingerprint density at radius 1 is 0.910 bits per heavy atom. The fourth-order valence-electron chi connectivity index (χ4n) is 10.3. The lowest BCUT2D eigenvalue weighted by molar-refractivity contribution is -0.172. The van der Waals surface area contributed by atoms with Gasteiger partial charge >= 0.3 is 5.97 Å². The topological polar surface area (TPSA) is 311 Å². The summed E-state index contributed by atoms with van der Waals surface area (Å²) in [6, 6.07) is 8.99. The number of carbonyl (C=O) groups is 9. The van der Waals surface area contributed by atoms with Crippen LogP contribution in [-0.4, -0.2) is 135 Å². The van der Waals surface area contributed by atoms with E-state index in [0.717, 1.165) is 10.5 Å². The van der Waals surface area contributed by atoms with Crippen molar-refractivity contribution in [1.82, 2.24) is 45.9 Å². The fourth-order valence-corrected chi connectivity index (χ4v) is 11.0. The zero-order valence-electron chi connectivity index (χ0n) is 43.3. The fraction of sp³-hybridized carbons (Fsp3) is 0.426. The first kappa shape index (κ1) is 56.4. The summed E-state index contributed by atoms with van der Waals surface area (Å²) in [5.41, 5.74) is 8.57. The third-order valence-electron chi connectivity index (χ3n) is 14.6. The molecule has 8 N–H and O–H groups in total. The van der Waals surface area contributed by atoms with Gasteiger partial charge in [0.15, 0.2) is 5.60 Å². The molecule has 78 heavy (non-hydrogen) atoms. The molecular weight excluding hydrogens is 1030 g/mol. The van der Waals surface area contributed by atoms with E-state index in [9.17, 15) is 53.1 Å². The monoisotopic (exact) mass is 1090 g/mol. The summed E-state index contributed by atoms with van der Waals surface area (Å²) in [5.74, 6) is -5.35. The van der Waals surface area contributed by atoms with Gasteiger partial charge in [-0.1, -0.05) is 43.7 Å². The number of imide groups is 1. The highest BCUT2D eigenvalue weighted by atomic mass is 32.2. The average Bonchev–Trinajstić information content (AvgIpc) is 4.06. The van der Waals surface area contributed by atoms with Crippen LogP contribution in [0.4, 0.5) is 4.39 Å². The number of aryl methyl sites for hydroxylation is 1. The molecule has 0 radical (unpaired) electrons. The summed E-state index contributed by atoms with van der Waals surface area (Å²) in [6.45, 7) is 1.94. The van der Waals surface area contributed by atoms with Crippen LogP contribution in [0.5, 0.6) is 0 Å². The molecule has 0 saturated heterocycles. The number of halogens is 1. The molecule has 5 heterocycles. The van der Waals surface area contributed by atoms with Crippen LogP contribution < -0.4 is 37.9 Å². The number of thioether (sulfide) groups is 1. The lowest BCUT2D eigenvalue weighted by Gasteiger charge is -2.36. The molecule has 1 aliphatic carbocycles. The second kappa shape index (κ2) is 24.2. The summed E-state index contributed by atoms with van der Waals surface area (Å²) in [7, 11) is 1.63. The summed E-state index contributed by atoms with van der Waals surface area (Å²) in [4.78, 5) is 136. The molecule has 8 rings (SSSR count). The number of amides is 8. The lowest BCUT2D eigenvalue weighted by atomic mass is 9.81. The summed E-state index contributed by atoms with van der Waals surface area (Å²) in [5, 5.41) is 24.8. The number of ether oxygens (including phenoxy) is 1. The molecule has 4 atom stereocenters. The van der Waals surface area contributed by atoms with Crippen LogP contribution >= 0.6 is 11.8 Å². The second-order valence-electron chi connectivity index (χ2n) is 19.6. The van der Waals surface area contributed by atoms with Gasteiger partial charge in [-0.15, -0.1) is 11.8 Å². The van der Waals surface area contributed by atoms with E-state index in [2.05, 4.69) is 26.6 Å². The predicted octanol–water partition coefficient (Wildman–Crippen LogP) is 0.669. The number of nitrogens with two attached hydrogens (primary N) is 1. The minimum atomic E-state index is -2.05. The Hall–Kier alpha value is -7.83. The Balaban J connectivity index is 0.813. The van der Waals surface area contributed by atoms with Crippen molar-refractivity contribution >= 4 is 75.9 Å². The normalized spacial score (nSPS) is 17.6. The smallest absolute Gasteiger partial charge is 0.343 e. The number of pyridine rings is 2. The first-order chi connectivity index (χ1) is 37.3. The van der Waals surface area contributed by atoms with Crippen LogP contribution in [-0.2, 0) is 79.5 Å².